The first kappa shape index (κ1) is 23.3. The first-order valence-corrected chi connectivity index (χ1v) is 10.2. The predicted octanol–water partition coefficient (Wildman–Crippen LogP) is 4.61. The Morgan fingerprint density at radius 2 is 1.53 bits per heavy atom. The summed E-state index contributed by atoms with van der Waals surface area (Å²) in [7, 11) is 0. The second-order valence-electron chi connectivity index (χ2n) is 6.45. The van der Waals surface area contributed by atoms with Crippen molar-refractivity contribution >= 4 is 12.0 Å². The summed E-state index contributed by atoms with van der Waals surface area (Å²) in [6, 6.07) is 13.2. The average Bonchev–Trinajstić information content (AvgIpc) is 2.72. The molecule has 2 aromatic rings. The Hall–Kier alpha value is -2.99. The fourth-order valence-electron chi connectivity index (χ4n) is 2.87. The van der Waals surface area contributed by atoms with Gasteiger partial charge in [-0.3, -0.25) is 0 Å². The van der Waals surface area contributed by atoms with Gasteiger partial charge in [0, 0.05) is 19.1 Å². The number of aliphatic carboxylic acids is 1. The smallest absolute Gasteiger partial charge is 0.333 e. The molecule has 0 saturated heterocycles. The predicted molar refractivity (Wildman–Crippen MR) is 117 cm³/mol. The van der Waals surface area contributed by atoms with Crippen molar-refractivity contribution in [2.75, 3.05) is 26.4 Å². The van der Waals surface area contributed by atoms with Crippen LogP contribution in [0.1, 0.15) is 31.9 Å². The highest BCUT2D eigenvalue weighted by Crippen LogP contribution is 2.24. The lowest BCUT2D eigenvalue weighted by Crippen LogP contribution is -2.26. The third-order valence-electron chi connectivity index (χ3n) is 4.17. The van der Waals surface area contributed by atoms with Crippen LogP contribution in [-0.4, -0.2) is 43.6 Å². The normalized spacial score (nSPS) is 12.0. The zero-order valence-corrected chi connectivity index (χ0v) is 17.8. The van der Waals surface area contributed by atoms with Crippen LogP contribution in [-0.2, 0) is 16.0 Å². The molecule has 0 aliphatic rings. The van der Waals surface area contributed by atoms with Crippen LogP contribution in [0.5, 0.6) is 17.2 Å². The van der Waals surface area contributed by atoms with Gasteiger partial charge in [0.15, 0.2) is 6.10 Å². The molecule has 6 heteroatoms. The number of carboxylic acid groups (broad SMARTS) is 1. The molecule has 0 radical (unpaired) electrons. The largest absolute Gasteiger partial charge is 0.494 e. The molecule has 1 atom stereocenters. The molecule has 0 aromatic heterocycles. The van der Waals surface area contributed by atoms with Crippen molar-refractivity contribution in [1.29, 1.82) is 0 Å². The molecule has 0 spiro atoms. The van der Waals surface area contributed by atoms with E-state index in [1.165, 1.54) is 0 Å². The summed E-state index contributed by atoms with van der Waals surface area (Å²) in [5, 5.41) is 9.18. The molecule has 0 aliphatic carbocycles. The summed E-state index contributed by atoms with van der Waals surface area (Å²) in [4.78, 5) is 11.2. The molecule has 2 aromatic carbocycles. The van der Waals surface area contributed by atoms with E-state index >= 15 is 0 Å². The summed E-state index contributed by atoms with van der Waals surface area (Å²) in [5.41, 5.74) is 1.86. The summed E-state index contributed by atoms with van der Waals surface area (Å²) in [5.74, 6) is 1.30. The van der Waals surface area contributed by atoms with Crippen molar-refractivity contribution in [1.82, 2.24) is 0 Å². The highest BCUT2D eigenvalue weighted by molar-refractivity contribution is 5.72. The van der Waals surface area contributed by atoms with Crippen LogP contribution in [0.25, 0.3) is 6.08 Å². The average molecular weight is 414 g/mol. The number of rotatable bonds is 13. The van der Waals surface area contributed by atoms with Gasteiger partial charge in [-0.15, -0.1) is 0 Å². The third kappa shape index (κ3) is 7.79. The lowest BCUT2D eigenvalue weighted by molar-refractivity contribution is -0.149. The van der Waals surface area contributed by atoms with E-state index < -0.39 is 12.1 Å². The maximum absolute atomic E-state index is 11.2. The molecule has 0 fully saturated rings. The van der Waals surface area contributed by atoms with E-state index in [4.69, 9.17) is 18.9 Å². The van der Waals surface area contributed by atoms with Crippen LogP contribution in [0.2, 0.25) is 0 Å². The van der Waals surface area contributed by atoms with Crippen LogP contribution >= 0.6 is 0 Å². The number of carboxylic acids is 1. The number of benzene rings is 2. The topological polar surface area (TPSA) is 74.2 Å². The Kier molecular flexibility index (Phi) is 9.74. The van der Waals surface area contributed by atoms with Crippen molar-refractivity contribution in [2.24, 2.45) is 0 Å². The first-order valence-electron chi connectivity index (χ1n) is 10.2. The van der Waals surface area contributed by atoms with Crippen molar-refractivity contribution in [3.8, 4) is 17.2 Å². The van der Waals surface area contributed by atoms with Crippen molar-refractivity contribution in [2.45, 2.75) is 33.3 Å². The van der Waals surface area contributed by atoms with Crippen LogP contribution in [0, 0.1) is 0 Å². The summed E-state index contributed by atoms with van der Waals surface area (Å²) >= 11 is 0. The van der Waals surface area contributed by atoms with Crippen LogP contribution in [0.15, 0.2) is 48.5 Å². The number of ether oxygens (including phenoxy) is 4. The van der Waals surface area contributed by atoms with E-state index in [0.29, 0.717) is 38.6 Å². The minimum absolute atomic E-state index is 0.321. The molecular formula is C24H30O6. The quantitative estimate of drug-likeness (QED) is 0.516. The molecule has 0 amide bonds. The van der Waals surface area contributed by atoms with Gasteiger partial charge in [0.05, 0.1) is 13.2 Å². The van der Waals surface area contributed by atoms with Gasteiger partial charge in [-0.1, -0.05) is 18.2 Å². The van der Waals surface area contributed by atoms with E-state index in [1.54, 1.807) is 6.92 Å². The van der Waals surface area contributed by atoms with E-state index in [1.807, 2.05) is 68.5 Å². The molecule has 0 bridgehead atoms. The fourth-order valence-corrected chi connectivity index (χ4v) is 2.87. The van der Waals surface area contributed by atoms with Gasteiger partial charge in [-0.05, 0) is 62.2 Å². The zero-order valence-electron chi connectivity index (χ0n) is 17.8. The first-order chi connectivity index (χ1) is 14.5. The lowest BCUT2D eigenvalue weighted by Gasteiger charge is -2.12. The monoisotopic (exact) mass is 414 g/mol. The van der Waals surface area contributed by atoms with Crippen molar-refractivity contribution in [3.05, 3.63) is 59.7 Å². The van der Waals surface area contributed by atoms with Crippen LogP contribution in [0.3, 0.4) is 0 Å². The maximum atomic E-state index is 11.2. The molecule has 2 rings (SSSR count). The molecule has 1 unspecified atom stereocenters. The SMILES string of the molecule is CCOc1cc(/C=C/COc2ccc(CC(OCC)C(=O)O)cc2)cc(OCC)c1. The third-order valence-corrected chi connectivity index (χ3v) is 4.17. The van der Waals surface area contributed by atoms with E-state index in [-0.39, 0.29) is 0 Å². The second-order valence-corrected chi connectivity index (χ2v) is 6.45. The van der Waals surface area contributed by atoms with Gasteiger partial charge in [0.25, 0.3) is 0 Å². The maximum Gasteiger partial charge on any atom is 0.333 e. The fraction of sp³-hybridized carbons (Fsp3) is 0.375. The highest BCUT2D eigenvalue weighted by Gasteiger charge is 2.17. The molecule has 0 saturated carbocycles. The Morgan fingerprint density at radius 1 is 0.900 bits per heavy atom. The minimum Gasteiger partial charge on any atom is -0.494 e. The highest BCUT2D eigenvalue weighted by atomic mass is 16.5. The van der Waals surface area contributed by atoms with Gasteiger partial charge in [0.1, 0.15) is 23.9 Å². The summed E-state index contributed by atoms with van der Waals surface area (Å²) < 4.78 is 22.2. The second kappa shape index (κ2) is 12.5. The lowest BCUT2D eigenvalue weighted by atomic mass is 10.1. The van der Waals surface area contributed by atoms with Crippen molar-refractivity contribution in [3.63, 3.8) is 0 Å². The Balaban J connectivity index is 1.91. The molecule has 0 heterocycles. The number of hydrogen-bond acceptors (Lipinski definition) is 5. The van der Waals surface area contributed by atoms with E-state index in [0.717, 1.165) is 22.6 Å². The minimum atomic E-state index is -0.955. The standard InChI is InChI=1S/C24H30O6/c1-4-27-21-14-19(15-22(17-21)28-5-2)8-7-13-30-20-11-9-18(10-12-20)16-23(24(25)26)29-6-3/h7-12,14-15,17,23H,4-6,13,16H2,1-3H3,(H,25,26)/b8-7+. The Bertz CT molecular complexity index is 789. The van der Waals surface area contributed by atoms with Gasteiger partial charge in [-0.25, -0.2) is 4.79 Å². The van der Waals surface area contributed by atoms with E-state index in [2.05, 4.69) is 0 Å². The van der Waals surface area contributed by atoms with Gasteiger partial charge < -0.3 is 24.1 Å². The summed E-state index contributed by atoms with van der Waals surface area (Å²) in [6.07, 6.45) is 3.36. The Morgan fingerprint density at radius 3 is 2.07 bits per heavy atom. The van der Waals surface area contributed by atoms with Gasteiger partial charge in [0.2, 0.25) is 0 Å². The molecule has 30 heavy (non-hydrogen) atoms. The van der Waals surface area contributed by atoms with Gasteiger partial charge in [-0.2, -0.15) is 0 Å². The Labute approximate surface area is 178 Å². The molecule has 162 valence electrons. The zero-order chi connectivity index (χ0) is 21.8. The van der Waals surface area contributed by atoms with Gasteiger partial charge >= 0.3 is 5.97 Å². The number of carbonyl (C=O) groups is 1. The van der Waals surface area contributed by atoms with E-state index in [9.17, 15) is 9.90 Å². The molecule has 6 nitrogen and oxygen atoms in total. The molecule has 1 N–H and O–H groups in total. The molecule has 0 aliphatic heterocycles. The number of hydrogen-bond donors (Lipinski definition) is 1. The van der Waals surface area contributed by atoms with Crippen LogP contribution in [0.4, 0.5) is 0 Å². The van der Waals surface area contributed by atoms with Crippen LogP contribution < -0.4 is 14.2 Å². The van der Waals surface area contributed by atoms with Crippen molar-refractivity contribution < 1.29 is 28.8 Å². The molecular weight excluding hydrogens is 384 g/mol. The summed E-state index contributed by atoms with van der Waals surface area (Å²) in [6.45, 7) is 7.63.